The van der Waals surface area contributed by atoms with Crippen molar-refractivity contribution in [1.82, 2.24) is 4.98 Å². The van der Waals surface area contributed by atoms with Gasteiger partial charge in [0, 0.05) is 11.8 Å². The Labute approximate surface area is 63.5 Å². The van der Waals surface area contributed by atoms with Crippen LogP contribution in [0.1, 0.15) is 5.69 Å². The van der Waals surface area contributed by atoms with Crippen molar-refractivity contribution >= 4 is 24.0 Å². The zero-order chi connectivity index (χ0) is 6.69. The van der Waals surface area contributed by atoms with Crippen LogP contribution in [-0.4, -0.2) is 11.5 Å². The quantitative estimate of drug-likeness (QED) is 0.704. The van der Waals surface area contributed by atoms with Gasteiger partial charge in [0.25, 0.3) is 0 Å². The van der Waals surface area contributed by atoms with E-state index in [0.29, 0.717) is 10.9 Å². The van der Waals surface area contributed by atoms with E-state index in [9.17, 15) is 0 Å². The molecule has 1 rings (SSSR count). The zero-order valence-electron chi connectivity index (χ0n) is 4.83. The molecule has 0 amide bonds. The molecule has 4 heteroatoms. The average molecular weight is 159 g/mol. The van der Waals surface area contributed by atoms with Gasteiger partial charge in [-0.1, -0.05) is 0 Å². The molecule has 9 heavy (non-hydrogen) atoms. The van der Waals surface area contributed by atoms with E-state index < -0.39 is 0 Å². The van der Waals surface area contributed by atoms with Gasteiger partial charge < -0.3 is 5.73 Å². The Balaban J connectivity index is 2.61. The molecule has 1 radical (unpaired) electrons. The number of nitrogens with zero attached hydrogens (tertiary/aromatic N) is 1. The van der Waals surface area contributed by atoms with Crippen molar-refractivity contribution in [3.8, 4) is 0 Å². The Morgan fingerprint density at radius 2 is 2.56 bits per heavy atom. The third kappa shape index (κ3) is 1.89. The Morgan fingerprint density at radius 3 is 3.00 bits per heavy atom. The molecule has 0 bridgehead atoms. The van der Waals surface area contributed by atoms with Crippen molar-refractivity contribution in [1.29, 1.82) is 0 Å². The predicted octanol–water partition coefficient (Wildman–Crippen LogP) is 1.20. The molecule has 0 spiro atoms. The lowest BCUT2D eigenvalue weighted by molar-refractivity contribution is 0.921. The number of hydrogen-bond donors (Lipinski definition) is 1. The van der Waals surface area contributed by atoms with Crippen molar-refractivity contribution in [2.45, 2.75) is 10.8 Å². The van der Waals surface area contributed by atoms with Gasteiger partial charge in [-0.15, -0.1) is 11.3 Å². The molecule has 1 heterocycles. The largest absolute Gasteiger partial charge is 0.330 e. The summed E-state index contributed by atoms with van der Waals surface area (Å²) in [5, 5.41) is 1.95. The first-order valence-electron chi connectivity index (χ1n) is 2.64. The Hall–Kier alpha value is -0.190. The van der Waals surface area contributed by atoms with E-state index in [1.165, 1.54) is 11.3 Å². The number of thiazole rings is 1. The molecule has 0 saturated heterocycles. The third-order valence-corrected chi connectivity index (χ3v) is 1.99. The summed E-state index contributed by atoms with van der Waals surface area (Å²) in [6, 6.07) is 0. The number of nitrogens with two attached hydrogens (primary N) is 1. The molecule has 2 nitrogen and oxygen atoms in total. The molecular formula is C5H7N2S2. The number of aromatic nitrogens is 1. The van der Waals surface area contributed by atoms with Crippen LogP contribution < -0.4 is 5.73 Å². The fourth-order valence-electron chi connectivity index (χ4n) is 0.551. The van der Waals surface area contributed by atoms with Crippen LogP contribution in [0.5, 0.6) is 0 Å². The fourth-order valence-corrected chi connectivity index (χ4v) is 1.39. The van der Waals surface area contributed by atoms with Crippen LogP contribution >= 0.6 is 24.0 Å². The maximum atomic E-state index is 5.30. The van der Waals surface area contributed by atoms with Gasteiger partial charge in [-0.25, -0.2) is 4.98 Å². The summed E-state index contributed by atoms with van der Waals surface area (Å²) in [6.07, 6.45) is 0.840. The summed E-state index contributed by atoms with van der Waals surface area (Å²) in [7, 11) is 0. The van der Waals surface area contributed by atoms with Gasteiger partial charge in [0.1, 0.15) is 0 Å². The van der Waals surface area contributed by atoms with Crippen molar-refractivity contribution in [2.24, 2.45) is 5.73 Å². The smallest absolute Gasteiger partial charge is 0.180 e. The first kappa shape index (κ1) is 6.92. The van der Waals surface area contributed by atoms with E-state index in [1.54, 1.807) is 0 Å². The lowest BCUT2D eigenvalue weighted by Crippen LogP contribution is -2.02. The molecular weight excluding hydrogens is 152 g/mol. The molecule has 0 aliphatic carbocycles. The van der Waals surface area contributed by atoms with Crippen LogP contribution in [0.4, 0.5) is 0 Å². The highest BCUT2D eigenvalue weighted by Gasteiger charge is 1.95. The van der Waals surface area contributed by atoms with Crippen LogP contribution in [0.15, 0.2) is 9.72 Å². The second kappa shape index (κ2) is 3.10. The lowest BCUT2D eigenvalue weighted by atomic mass is 10.3. The second-order valence-electron chi connectivity index (χ2n) is 1.64. The molecule has 0 aromatic carbocycles. The second-order valence-corrected chi connectivity index (χ2v) is 3.15. The van der Waals surface area contributed by atoms with Gasteiger partial charge >= 0.3 is 0 Å². The molecule has 2 N–H and O–H groups in total. The molecule has 0 saturated carbocycles. The molecule has 0 atom stereocenters. The summed E-state index contributed by atoms with van der Waals surface area (Å²) in [4.78, 5) is 4.05. The summed E-state index contributed by atoms with van der Waals surface area (Å²) < 4.78 is 0.707. The number of rotatable bonds is 2. The van der Waals surface area contributed by atoms with Gasteiger partial charge in [0.2, 0.25) is 0 Å². The van der Waals surface area contributed by atoms with E-state index in [2.05, 4.69) is 4.98 Å². The molecule has 49 valence electrons. The molecule has 1 aromatic rings. The highest BCUT2D eigenvalue weighted by atomic mass is 32.2. The lowest BCUT2D eigenvalue weighted by Gasteiger charge is -1.85. The van der Waals surface area contributed by atoms with Crippen LogP contribution in [0.25, 0.3) is 0 Å². The van der Waals surface area contributed by atoms with E-state index in [1.807, 2.05) is 5.38 Å². The normalized spacial score (nSPS) is 9.89. The Kier molecular flexibility index (Phi) is 2.38. The van der Waals surface area contributed by atoms with E-state index in [-0.39, 0.29) is 0 Å². The monoisotopic (exact) mass is 159 g/mol. The molecule has 0 fully saturated rings. The van der Waals surface area contributed by atoms with E-state index in [0.717, 1.165) is 12.1 Å². The summed E-state index contributed by atoms with van der Waals surface area (Å²) >= 11 is 6.31. The Bertz CT molecular complexity index is 185. The third-order valence-electron chi connectivity index (χ3n) is 0.931. The van der Waals surface area contributed by atoms with Gasteiger partial charge in [-0.3, -0.25) is 0 Å². The number of hydrogen-bond acceptors (Lipinski definition) is 3. The molecule has 0 aliphatic rings. The maximum absolute atomic E-state index is 5.30. The van der Waals surface area contributed by atoms with E-state index >= 15 is 0 Å². The van der Waals surface area contributed by atoms with Gasteiger partial charge in [0.05, 0.1) is 5.69 Å². The van der Waals surface area contributed by atoms with Gasteiger partial charge in [0.15, 0.2) is 4.34 Å². The van der Waals surface area contributed by atoms with Crippen molar-refractivity contribution in [3.05, 3.63) is 11.1 Å². The fraction of sp³-hybridized carbons (Fsp3) is 0.400. The standard InChI is InChI=1S/C5H7N2S2/c6-2-1-4-3-9-5(8)7-4/h3H,1-2,6H2. The van der Waals surface area contributed by atoms with Gasteiger partial charge in [-0.05, 0) is 19.2 Å². The minimum absolute atomic E-state index is 0.651. The van der Waals surface area contributed by atoms with Gasteiger partial charge in [-0.2, -0.15) is 0 Å². The van der Waals surface area contributed by atoms with Crippen LogP contribution in [0.2, 0.25) is 0 Å². The first-order chi connectivity index (χ1) is 4.33. The minimum atomic E-state index is 0.651. The highest BCUT2D eigenvalue weighted by Crippen LogP contribution is 2.12. The van der Waals surface area contributed by atoms with Crippen molar-refractivity contribution < 1.29 is 0 Å². The zero-order valence-corrected chi connectivity index (χ0v) is 6.47. The molecule has 0 unspecified atom stereocenters. The molecule has 0 aliphatic heterocycles. The van der Waals surface area contributed by atoms with Crippen molar-refractivity contribution in [3.63, 3.8) is 0 Å². The van der Waals surface area contributed by atoms with Crippen molar-refractivity contribution in [2.75, 3.05) is 6.54 Å². The topological polar surface area (TPSA) is 38.9 Å². The van der Waals surface area contributed by atoms with Crippen LogP contribution in [-0.2, 0) is 6.42 Å². The van der Waals surface area contributed by atoms with E-state index in [4.69, 9.17) is 18.4 Å². The first-order valence-corrected chi connectivity index (χ1v) is 3.93. The highest BCUT2D eigenvalue weighted by molar-refractivity contribution is 7.82. The Morgan fingerprint density at radius 1 is 1.78 bits per heavy atom. The minimum Gasteiger partial charge on any atom is -0.330 e. The SMILES string of the molecule is NCCc1csc([S])n1. The summed E-state index contributed by atoms with van der Waals surface area (Å²) in [5.74, 6) is 0. The molecule has 1 aromatic heterocycles. The summed E-state index contributed by atoms with van der Waals surface area (Å²) in [6.45, 7) is 0.651. The van der Waals surface area contributed by atoms with Crippen LogP contribution in [0, 0.1) is 0 Å². The maximum Gasteiger partial charge on any atom is 0.180 e. The predicted molar refractivity (Wildman–Crippen MR) is 40.7 cm³/mol. The summed E-state index contributed by atoms with van der Waals surface area (Å²) in [5.41, 5.74) is 6.32. The van der Waals surface area contributed by atoms with Crippen LogP contribution in [0.3, 0.4) is 0 Å². The average Bonchev–Trinajstić information content (AvgIpc) is 2.17.